The minimum Gasteiger partial charge on any atom is -0.483 e. The van der Waals surface area contributed by atoms with Crippen molar-refractivity contribution in [3.8, 4) is 17.6 Å². The van der Waals surface area contributed by atoms with E-state index in [0.29, 0.717) is 11.4 Å². The number of aryl methyl sites for hydroxylation is 1. The summed E-state index contributed by atoms with van der Waals surface area (Å²) in [4.78, 5) is 4.11. The molecule has 0 fully saturated rings. The van der Waals surface area contributed by atoms with Crippen LogP contribution in [0.1, 0.15) is 24.7 Å². The van der Waals surface area contributed by atoms with E-state index in [1.165, 1.54) is 12.4 Å². The summed E-state index contributed by atoms with van der Waals surface area (Å²) in [5, 5.41) is 4.09. The molecule has 0 saturated heterocycles. The second-order valence-corrected chi connectivity index (χ2v) is 4.34. The highest BCUT2D eigenvalue weighted by molar-refractivity contribution is 5.40. The zero-order valence-corrected chi connectivity index (χ0v) is 11.8. The van der Waals surface area contributed by atoms with Gasteiger partial charge in [0, 0.05) is 12.1 Å². The van der Waals surface area contributed by atoms with Gasteiger partial charge in [-0.15, -0.1) is 0 Å². The van der Waals surface area contributed by atoms with E-state index >= 15 is 0 Å². The molecule has 0 atom stereocenters. The van der Waals surface area contributed by atoms with Gasteiger partial charge in [-0.25, -0.2) is 14.1 Å². The van der Waals surface area contributed by atoms with Crippen LogP contribution in [0.25, 0.3) is 0 Å². The van der Waals surface area contributed by atoms with Crippen LogP contribution in [0.15, 0.2) is 24.5 Å². The number of hydrogen-bond donors (Lipinski definition) is 1. The highest BCUT2D eigenvalue weighted by Gasteiger charge is 2.08. The first-order chi connectivity index (χ1) is 10.2. The summed E-state index contributed by atoms with van der Waals surface area (Å²) in [7, 11) is 0. The van der Waals surface area contributed by atoms with Gasteiger partial charge in [-0.05, 0) is 24.6 Å². The largest absolute Gasteiger partial charge is 0.483 e. The van der Waals surface area contributed by atoms with Crippen LogP contribution in [-0.2, 0) is 13.2 Å². The van der Waals surface area contributed by atoms with Crippen molar-refractivity contribution >= 4 is 0 Å². The highest BCUT2D eigenvalue weighted by atomic mass is 19.1. The van der Waals surface area contributed by atoms with Crippen molar-refractivity contribution in [2.45, 2.75) is 26.5 Å². The molecule has 2 N–H and O–H groups in total. The molecule has 0 aliphatic heterocycles. The minimum atomic E-state index is -0.435. The van der Waals surface area contributed by atoms with Crippen molar-refractivity contribution in [2.24, 2.45) is 5.73 Å². The van der Waals surface area contributed by atoms with Crippen LogP contribution in [0.4, 0.5) is 4.39 Å². The summed E-state index contributed by atoms with van der Waals surface area (Å²) in [6, 6.07) is 4.47. The molecule has 0 unspecified atom stereocenters. The average molecular weight is 288 g/mol. The Kier molecular flexibility index (Phi) is 5.29. The van der Waals surface area contributed by atoms with Gasteiger partial charge in [0.1, 0.15) is 12.9 Å². The number of nitrogens with two attached hydrogens (primary N) is 1. The van der Waals surface area contributed by atoms with Gasteiger partial charge in [0.05, 0.1) is 6.54 Å². The van der Waals surface area contributed by atoms with E-state index in [1.807, 2.05) is 6.92 Å². The van der Waals surface area contributed by atoms with E-state index in [4.69, 9.17) is 10.5 Å². The van der Waals surface area contributed by atoms with Crippen LogP contribution in [0, 0.1) is 17.7 Å². The second-order valence-electron chi connectivity index (χ2n) is 4.34. The third-order valence-electron chi connectivity index (χ3n) is 2.75. The van der Waals surface area contributed by atoms with E-state index in [1.54, 1.807) is 16.8 Å². The van der Waals surface area contributed by atoms with Crippen molar-refractivity contribution in [2.75, 3.05) is 6.54 Å². The summed E-state index contributed by atoms with van der Waals surface area (Å²) in [5.74, 6) is 5.93. The lowest BCUT2D eigenvalue weighted by Crippen LogP contribution is -2.09. The Morgan fingerprint density at radius 1 is 1.43 bits per heavy atom. The number of hydrogen-bond acceptors (Lipinski definition) is 4. The number of rotatable bonds is 5. The Hall–Kier alpha value is -2.39. The maximum Gasteiger partial charge on any atom is 0.165 e. The van der Waals surface area contributed by atoms with Gasteiger partial charge >= 0.3 is 0 Å². The van der Waals surface area contributed by atoms with Gasteiger partial charge in [0.2, 0.25) is 0 Å². The quantitative estimate of drug-likeness (QED) is 0.851. The van der Waals surface area contributed by atoms with Gasteiger partial charge in [-0.3, -0.25) is 0 Å². The SMILES string of the molecule is CCCn1ncnc1COc1cc(C#CCN)ccc1F. The Bertz CT molecular complexity index is 657. The molecule has 0 spiro atoms. The topological polar surface area (TPSA) is 66.0 Å². The zero-order valence-electron chi connectivity index (χ0n) is 11.8. The van der Waals surface area contributed by atoms with Gasteiger partial charge < -0.3 is 10.5 Å². The molecule has 0 saturated carbocycles. The molecular formula is C15H17FN4O. The lowest BCUT2D eigenvalue weighted by atomic mass is 10.2. The number of ether oxygens (including phenoxy) is 1. The van der Waals surface area contributed by atoms with Crippen LogP contribution >= 0.6 is 0 Å². The molecule has 0 bridgehead atoms. The fraction of sp³-hybridized carbons (Fsp3) is 0.333. The normalized spacial score (nSPS) is 10.0. The van der Waals surface area contributed by atoms with Crippen LogP contribution in [-0.4, -0.2) is 21.3 Å². The third kappa shape index (κ3) is 4.04. The molecule has 0 aliphatic rings. The maximum absolute atomic E-state index is 13.7. The predicted octanol–water partition coefficient (Wildman–Crippen LogP) is 1.72. The summed E-state index contributed by atoms with van der Waals surface area (Å²) >= 11 is 0. The van der Waals surface area contributed by atoms with E-state index in [0.717, 1.165) is 13.0 Å². The maximum atomic E-state index is 13.7. The third-order valence-corrected chi connectivity index (χ3v) is 2.75. The van der Waals surface area contributed by atoms with Gasteiger partial charge in [0.15, 0.2) is 17.4 Å². The molecule has 2 aromatic rings. The van der Waals surface area contributed by atoms with E-state index in [9.17, 15) is 4.39 Å². The molecule has 2 rings (SSSR count). The summed E-state index contributed by atoms with van der Waals surface area (Å²) in [5.41, 5.74) is 5.97. The van der Waals surface area contributed by atoms with E-state index in [2.05, 4.69) is 21.9 Å². The van der Waals surface area contributed by atoms with E-state index < -0.39 is 5.82 Å². The van der Waals surface area contributed by atoms with Gasteiger partial charge in [-0.1, -0.05) is 18.8 Å². The second kappa shape index (κ2) is 7.41. The Morgan fingerprint density at radius 2 is 2.29 bits per heavy atom. The molecular weight excluding hydrogens is 271 g/mol. The number of halogens is 1. The van der Waals surface area contributed by atoms with Crippen molar-refractivity contribution < 1.29 is 9.13 Å². The number of aromatic nitrogens is 3. The van der Waals surface area contributed by atoms with Crippen LogP contribution in [0.3, 0.4) is 0 Å². The first kappa shape index (κ1) is 15.0. The zero-order chi connectivity index (χ0) is 15.1. The molecule has 5 nitrogen and oxygen atoms in total. The highest BCUT2D eigenvalue weighted by Crippen LogP contribution is 2.19. The molecule has 0 radical (unpaired) electrons. The molecule has 110 valence electrons. The van der Waals surface area contributed by atoms with Gasteiger partial charge in [0.25, 0.3) is 0 Å². The molecule has 1 aromatic carbocycles. The molecule has 0 aliphatic carbocycles. The van der Waals surface area contributed by atoms with Crippen molar-refractivity contribution in [1.29, 1.82) is 0 Å². The van der Waals surface area contributed by atoms with Crippen molar-refractivity contribution in [3.63, 3.8) is 0 Å². The summed E-state index contributed by atoms with van der Waals surface area (Å²) in [6.07, 6.45) is 2.41. The van der Waals surface area contributed by atoms with Crippen LogP contribution < -0.4 is 10.5 Å². The van der Waals surface area contributed by atoms with E-state index in [-0.39, 0.29) is 18.9 Å². The monoisotopic (exact) mass is 288 g/mol. The lowest BCUT2D eigenvalue weighted by molar-refractivity contribution is 0.272. The summed E-state index contributed by atoms with van der Waals surface area (Å²) < 4.78 is 21.0. The Labute approximate surface area is 122 Å². The lowest BCUT2D eigenvalue weighted by Gasteiger charge is -2.08. The van der Waals surface area contributed by atoms with Crippen molar-refractivity contribution in [3.05, 3.63) is 41.7 Å². The van der Waals surface area contributed by atoms with Crippen molar-refractivity contribution in [1.82, 2.24) is 14.8 Å². The molecule has 21 heavy (non-hydrogen) atoms. The number of benzene rings is 1. The predicted molar refractivity (Wildman–Crippen MR) is 77.0 cm³/mol. The summed E-state index contributed by atoms with van der Waals surface area (Å²) in [6.45, 7) is 3.22. The first-order valence-electron chi connectivity index (χ1n) is 6.72. The molecule has 1 aromatic heterocycles. The number of nitrogens with zero attached hydrogens (tertiary/aromatic N) is 3. The molecule has 6 heteroatoms. The fourth-order valence-corrected chi connectivity index (χ4v) is 1.79. The van der Waals surface area contributed by atoms with Crippen LogP contribution in [0.2, 0.25) is 0 Å². The Morgan fingerprint density at radius 3 is 3.05 bits per heavy atom. The first-order valence-corrected chi connectivity index (χ1v) is 6.72. The van der Waals surface area contributed by atoms with Crippen LogP contribution in [0.5, 0.6) is 5.75 Å². The van der Waals surface area contributed by atoms with Gasteiger partial charge in [-0.2, -0.15) is 5.10 Å². The molecule has 0 amide bonds. The minimum absolute atomic E-state index is 0.143. The Balaban J connectivity index is 2.10. The fourth-order valence-electron chi connectivity index (χ4n) is 1.79. The molecule has 1 heterocycles. The standard InChI is InChI=1S/C15H17FN4O/c1-2-8-20-15(18-11-19-20)10-21-14-9-12(4-3-7-17)5-6-13(14)16/h5-6,9,11H,2,7-8,10,17H2,1H3. The average Bonchev–Trinajstić information content (AvgIpc) is 2.93. The smallest absolute Gasteiger partial charge is 0.165 e.